The molecule has 1 saturated carbocycles. The van der Waals surface area contributed by atoms with Gasteiger partial charge in [0.1, 0.15) is 8.24 Å². The number of rotatable bonds is 4. The van der Waals surface area contributed by atoms with Crippen LogP contribution in [-0.4, -0.2) is 25.4 Å². The summed E-state index contributed by atoms with van der Waals surface area (Å²) in [6.45, 7) is 19.8. The quantitative estimate of drug-likeness (QED) is 0.500. The number of nitrogens with zero attached hydrogens (tertiary/aromatic N) is 1. The summed E-state index contributed by atoms with van der Waals surface area (Å²) in [7, 11) is -1.41. The van der Waals surface area contributed by atoms with Gasteiger partial charge in [-0.1, -0.05) is 65.3 Å². The molecule has 106 valence electrons. The van der Waals surface area contributed by atoms with Crippen molar-refractivity contribution in [3.63, 3.8) is 0 Å². The van der Waals surface area contributed by atoms with E-state index in [1.165, 1.54) is 37.7 Å². The molecule has 0 amide bonds. The van der Waals surface area contributed by atoms with Crippen LogP contribution >= 0.6 is 0 Å². The first-order valence-electron chi connectivity index (χ1n) is 7.57. The van der Waals surface area contributed by atoms with E-state index in [1.54, 1.807) is 0 Å². The van der Waals surface area contributed by atoms with Crippen LogP contribution in [0.15, 0.2) is 12.2 Å². The molecular formula is C16H33NSi. The maximum atomic E-state index is 4.17. The molecule has 1 aliphatic rings. The Morgan fingerprint density at radius 2 is 1.67 bits per heavy atom. The molecule has 0 heterocycles. The fourth-order valence-corrected chi connectivity index (χ4v) is 5.60. The van der Waals surface area contributed by atoms with Crippen LogP contribution < -0.4 is 0 Å². The van der Waals surface area contributed by atoms with Crippen molar-refractivity contribution in [2.75, 3.05) is 6.54 Å². The van der Waals surface area contributed by atoms with Crippen LogP contribution in [-0.2, 0) is 0 Å². The lowest BCUT2D eigenvalue weighted by Gasteiger charge is -2.50. The van der Waals surface area contributed by atoms with Crippen molar-refractivity contribution < 1.29 is 0 Å². The van der Waals surface area contributed by atoms with Gasteiger partial charge in [-0.3, -0.25) is 0 Å². The van der Waals surface area contributed by atoms with Crippen molar-refractivity contribution in [3.8, 4) is 0 Å². The molecule has 0 aromatic carbocycles. The molecule has 0 unspecified atom stereocenters. The van der Waals surface area contributed by atoms with E-state index in [0.29, 0.717) is 5.04 Å². The van der Waals surface area contributed by atoms with Gasteiger partial charge >= 0.3 is 0 Å². The van der Waals surface area contributed by atoms with Gasteiger partial charge in [-0.2, -0.15) is 0 Å². The Morgan fingerprint density at radius 1 is 1.17 bits per heavy atom. The molecule has 1 fully saturated rings. The average molecular weight is 268 g/mol. The number of hydrogen-bond donors (Lipinski definition) is 0. The molecule has 0 aliphatic heterocycles. The van der Waals surface area contributed by atoms with Crippen molar-refractivity contribution in [1.82, 2.24) is 4.57 Å². The molecule has 0 atom stereocenters. The van der Waals surface area contributed by atoms with Crippen LogP contribution in [0.1, 0.15) is 59.8 Å². The highest BCUT2D eigenvalue weighted by Gasteiger charge is 2.43. The van der Waals surface area contributed by atoms with E-state index < -0.39 is 8.24 Å². The second kappa shape index (κ2) is 5.92. The first-order chi connectivity index (χ1) is 8.16. The monoisotopic (exact) mass is 267 g/mol. The molecule has 0 saturated heterocycles. The summed E-state index contributed by atoms with van der Waals surface area (Å²) in [5.74, 6) is 0. The van der Waals surface area contributed by atoms with Crippen molar-refractivity contribution in [2.24, 2.45) is 0 Å². The molecule has 1 nitrogen and oxygen atoms in total. The lowest BCUT2D eigenvalue weighted by Crippen LogP contribution is -2.59. The third-order valence-electron chi connectivity index (χ3n) is 5.01. The van der Waals surface area contributed by atoms with Crippen molar-refractivity contribution >= 4 is 8.24 Å². The zero-order valence-corrected chi connectivity index (χ0v) is 14.5. The Morgan fingerprint density at radius 3 is 2.06 bits per heavy atom. The highest BCUT2D eigenvalue weighted by atomic mass is 28.3. The van der Waals surface area contributed by atoms with Gasteiger partial charge in [-0.05, 0) is 24.8 Å². The Hall–Kier alpha value is -0.0831. The second-order valence-corrected chi connectivity index (χ2v) is 12.9. The summed E-state index contributed by atoms with van der Waals surface area (Å²) in [6, 6.07) is 0.816. The minimum Gasteiger partial charge on any atom is -0.317 e. The van der Waals surface area contributed by atoms with E-state index in [4.69, 9.17) is 0 Å². The van der Waals surface area contributed by atoms with Crippen molar-refractivity contribution in [2.45, 2.75) is 84.0 Å². The van der Waals surface area contributed by atoms with Crippen LogP contribution in [0.2, 0.25) is 18.1 Å². The molecular weight excluding hydrogens is 234 g/mol. The smallest absolute Gasteiger partial charge is 0.128 e. The lowest BCUT2D eigenvalue weighted by atomic mass is 9.95. The Bertz CT molecular complexity index is 282. The Balaban J connectivity index is 2.92. The topological polar surface area (TPSA) is 3.24 Å². The molecule has 0 aromatic heterocycles. The minimum absolute atomic E-state index is 0.430. The normalized spacial score (nSPS) is 19.3. The zero-order valence-electron chi connectivity index (χ0n) is 13.5. The van der Waals surface area contributed by atoms with Crippen LogP contribution in [0, 0.1) is 0 Å². The summed E-state index contributed by atoms with van der Waals surface area (Å²) in [5, 5.41) is 0.430. The first kappa shape index (κ1) is 16.0. The summed E-state index contributed by atoms with van der Waals surface area (Å²) < 4.78 is 2.87. The average Bonchev–Trinajstić information content (AvgIpc) is 2.25. The highest BCUT2D eigenvalue weighted by Crippen LogP contribution is 2.41. The van der Waals surface area contributed by atoms with Gasteiger partial charge in [0.2, 0.25) is 0 Å². The molecule has 1 aliphatic carbocycles. The van der Waals surface area contributed by atoms with Crippen molar-refractivity contribution in [1.29, 1.82) is 0 Å². The van der Waals surface area contributed by atoms with Crippen molar-refractivity contribution in [3.05, 3.63) is 12.2 Å². The minimum atomic E-state index is -1.41. The fraction of sp³-hybridized carbons (Fsp3) is 0.875. The van der Waals surface area contributed by atoms with Crippen LogP contribution in [0.25, 0.3) is 0 Å². The van der Waals surface area contributed by atoms with Gasteiger partial charge in [-0.25, -0.2) is 0 Å². The van der Waals surface area contributed by atoms with E-state index in [-0.39, 0.29) is 0 Å². The maximum absolute atomic E-state index is 4.17. The van der Waals surface area contributed by atoms with E-state index in [2.05, 4.69) is 51.9 Å². The largest absolute Gasteiger partial charge is 0.317 e. The van der Waals surface area contributed by atoms with Gasteiger partial charge < -0.3 is 4.57 Å². The van der Waals surface area contributed by atoms with Gasteiger partial charge in [-0.15, -0.1) is 0 Å². The summed E-state index contributed by atoms with van der Waals surface area (Å²) in [4.78, 5) is 0. The summed E-state index contributed by atoms with van der Waals surface area (Å²) >= 11 is 0. The third-order valence-corrected chi connectivity index (χ3v) is 10.6. The van der Waals surface area contributed by atoms with Gasteiger partial charge in [0.15, 0.2) is 0 Å². The SMILES string of the molecule is C=C(C)CN(C1CCCCC1)[Si](C)(C)C(C)(C)C. The molecule has 0 aromatic rings. The molecule has 1 rings (SSSR count). The predicted molar refractivity (Wildman–Crippen MR) is 85.6 cm³/mol. The van der Waals surface area contributed by atoms with Crippen LogP contribution in [0.4, 0.5) is 0 Å². The van der Waals surface area contributed by atoms with Gasteiger partial charge in [0, 0.05) is 12.6 Å². The van der Waals surface area contributed by atoms with E-state index in [0.717, 1.165) is 12.6 Å². The fourth-order valence-electron chi connectivity index (χ4n) is 2.90. The van der Waals surface area contributed by atoms with Gasteiger partial charge in [0.05, 0.1) is 0 Å². The highest BCUT2D eigenvalue weighted by molar-refractivity contribution is 6.77. The van der Waals surface area contributed by atoms with E-state index in [9.17, 15) is 0 Å². The Labute approximate surface area is 116 Å². The van der Waals surface area contributed by atoms with Gasteiger partial charge in [0.25, 0.3) is 0 Å². The molecule has 2 heteroatoms. The van der Waals surface area contributed by atoms with E-state index >= 15 is 0 Å². The maximum Gasteiger partial charge on any atom is 0.128 e. The zero-order chi connectivity index (χ0) is 14.0. The van der Waals surface area contributed by atoms with Crippen LogP contribution in [0.3, 0.4) is 0 Å². The molecule has 0 radical (unpaired) electrons. The summed E-state index contributed by atoms with van der Waals surface area (Å²) in [6.07, 6.45) is 7.09. The summed E-state index contributed by atoms with van der Waals surface area (Å²) in [5.41, 5.74) is 1.32. The number of hydrogen-bond acceptors (Lipinski definition) is 1. The van der Waals surface area contributed by atoms with E-state index in [1.807, 2.05) is 0 Å². The predicted octanol–water partition coefficient (Wildman–Crippen LogP) is 5.20. The third kappa shape index (κ3) is 3.71. The standard InChI is InChI=1S/C16H33NSi/c1-14(2)13-17(15-11-9-8-10-12-15)18(6,7)16(3,4)5/h15H,1,8-13H2,2-7H3. The first-order valence-corrected chi connectivity index (χ1v) is 10.5. The molecule has 0 N–H and O–H groups in total. The Kier molecular flexibility index (Phi) is 5.25. The lowest BCUT2D eigenvalue weighted by molar-refractivity contribution is 0.250. The molecule has 0 spiro atoms. The molecule has 18 heavy (non-hydrogen) atoms. The second-order valence-electron chi connectivity index (χ2n) is 7.69. The van der Waals surface area contributed by atoms with Crippen LogP contribution in [0.5, 0.6) is 0 Å². The molecule has 0 bridgehead atoms.